The fourth-order valence-electron chi connectivity index (χ4n) is 3.62. The van der Waals surface area contributed by atoms with Crippen molar-refractivity contribution in [3.63, 3.8) is 0 Å². The van der Waals surface area contributed by atoms with Gasteiger partial charge in [0, 0.05) is 30.8 Å². The van der Waals surface area contributed by atoms with Gasteiger partial charge in [0.15, 0.2) is 5.65 Å². The summed E-state index contributed by atoms with van der Waals surface area (Å²) in [5.41, 5.74) is 0.0179. The molecule has 1 amide bonds. The summed E-state index contributed by atoms with van der Waals surface area (Å²) in [4.78, 5) is 18.3. The van der Waals surface area contributed by atoms with E-state index < -0.39 is 23.6 Å². The molecule has 0 unspecified atom stereocenters. The van der Waals surface area contributed by atoms with Crippen molar-refractivity contribution in [1.82, 2.24) is 19.5 Å². The van der Waals surface area contributed by atoms with E-state index in [1.165, 1.54) is 29.2 Å². The number of amides is 1. The molecule has 4 rings (SSSR count). The van der Waals surface area contributed by atoms with Crippen LogP contribution >= 0.6 is 0 Å². The molecule has 1 aliphatic heterocycles. The van der Waals surface area contributed by atoms with Gasteiger partial charge in [0.05, 0.1) is 11.3 Å². The number of aryl methyl sites for hydroxylation is 1. The lowest BCUT2D eigenvalue weighted by Gasteiger charge is -2.16. The molecule has 1 aromatic carbocycles. The highest BCUT2D eigenvalue weighted by atomic mass is 19.4. The molecule has 1 aliphatic rings. The number of hydrogen-bond donors (Lipinski definition) is 0. The van der Waals surface area contributed by atoms with E-state index in [0.29, 0.717) is 30.8 Å². The third-order valence-electron chi connectivity index (χ3n) is 5.15. The quantitative estimate of drug-likeness (QED) is 0.616. The number of hydrogen-bond acceptors (Lipinski definition) is 3. The van der Waals surface area contributed by atoms with Gasteiger partial charge in [-0.25, -0.2) is 13.9 Å². The molecule has 29 heavy (non-hydrogen) atoms. The minimum Gasteiger partial charge on any atom is -0.338 e. The topological polar surface area (TPSA) is 50.5 Å². The summed E-state index contributed by atoms with van der Waals surface area (Å²) in [7, 11) is 0. The standard InChI is InChI=1S/C20H18F4N4O/c1-2-13-9-17(20(22,23)24)28-18(25-13)10-16(26-28)12-7-8-27(11-12)19(29)14-5-3-4-6-15(14)21/h3-6,9-10,12H,2,7-8,11H2,1H3/t12-/m0/s1. The molecule has 3 heterocycles. The fourth-order valence-corrected chi connectivity index (χ4v) is 3.62. The Morgan fingerprint density at radius 3 is 2.69 bits per heavy atom. The normalized spacial score (nSPS) is 17.3. The molecule has 0 saturated carbocycles. The van der Waals surface area contributed by atoms with Crippen LogP contribution in [0.2, 0.25) is 0 Å². The Morgan fingerprint density at radius 1 is 1.24 bits per heavy atom. The van der Waals surface area contributed by atoms with Crippen LogP contribution in [0, 0.1) is 5.82 Å². The van der Waals surface area contributed by atoms with E-state index in [1.807, 2.05) is 0 Å². The molecule has 152 valence electrons. The number of likely N-dealkylation sites (tertiary alicyclic amines) is 1. The zero-order chi connectivity index (χ0) is 20.8. The van der Waals surface area contributed by atoms with E-state index in [0.717, 1.165) is 10.6 Å². The predicted molar refractivity (Wildman–Crippen MR) is 97.0 cm³/mol. The first-order valence-electron chi connectivity index (χ1n) is 9.28. The Hall–Kier alpha value is -2.97. The lowest BCUT2D eigenvalue weighted by Crippen LogP contribution is -2.29. The maximum absolute atomic E-state index is 13.9. The number of carbonyl (C=O) groups excluding carboxylic acids is 1. The predicted octanol–water partition coefficient (Wildman–Crippen LogP) is 4.08. The van der Waals surface area contributed by atoms with Gasteiger partial charge in [-0.1, -0.05) is 19.1 Å². The van der Waals surface area contributed by atoms with E-state index in [-0.39, 0.29) is 23.7 Å². The van der Waals surface area contributed by atoms with Crippen molar-refractivity contribution in [2.75, 3.05) is 13.1 Å². The number of carbonyl (C=O) groups is 1. The number of benzene rings is 1. The minimum atomic E-state index is -4.56. The van der Waals surface area contributed by atoms with E-state index in [1.54, 1.807) is 13.0 Å². The Bertz CT molecular complexity index is 1080. The van der Waals surface area contributed by atoms with E-state index >= 15 is 0 Å². The summed E-state index contributed by atoms with van der Waals surface area (Å²) in [6, 6.07) is 8.27. The molecular weight excluding hydrogens is 388 g/mol. The monoisotopic (exact) mass is 406 g/mol. The first kappa shape index (κ1) is 19.4. The second-order valence-corrected chi connectivity index (χ2v) is 7.04. The molecule has 0 radical (unpaired) electrons. The van der Waals surface area contributed by atoms with Gasteiger partial charge in [-0.3, -0.25) is 4.79 Å². The number of rotatable bonds is 3. The highest BCUT2D eigenvalue weighted by molar-refractivity contribution is 5.94. The molecule has 5 nitrogen and oxygen atoms in total. The van der Waals surface area contributed by atoms with Crippen molar-refractivity contribution >= 4 is 11.6 Å². The van der Waals surface area contributed by atoms with Crippen molar-refractivity contribution in [3.05, 3.63) is 64.9 Å². The number of alkyl halides is 3. The molecule has 1 atom stereocenters. The number of halogens is 4. The van der Waals surface area contributed by atoms with Crippen LogP contribution in [0.4, 0.5) is 17.6 Å². The average molecular weight is 406 g/mol. The third kappa shape index (κ3) is 3.56. The Balaban J connectivity index is 1.63. The zero-order valence-electron chi connectivity index (χ0n) is 15.6. The molecule has 1 fully saturated rings. The molecule has 0 N–H and O–H groups in total. The van der Waals surface area contributed by atoms with Crippen LogP contribution in [-0.4, -0.2) is 38.5 Å². The summed E-state index contributed by atoms with van der Waals surface area (Å²) in [5, 5.41) is 4.14. The number of nitrogens with zero attached hydrogens (tertiary/aromatic N) is 4. The minimum absolute atomic E-state index is 0.0169. The summed E-state index contributed by atoms with van der Waals surface area (Å²) < 4.78 is 55.0. The van der Waals surface area contributed by atoms with Crippen LogP contribution in [0.15, 0.2) is 36.4 Å². The van der Waals surface area contributed by atoms with Gasteiger partial charge in [-0.15, -0.1) is 0 Å². The molecule has 2 aromatic heterocycles. The van der Waals surface area contributed by atoms with Crippen LogP contribution in [0.1, 0.15) is 46.7 Å². The Morgan fingerprint density at radius 2 is 2.00 bits per heavy atom. The SMILES string of the molecule is CCc1cc(C(F)(F)F)n2nc([C@H]3CCN(C(=O)c4ccccc4F)C3)cc2n1. The smallest absolute Gasteiger partial charge is 0.338 e. The Labute approximate surface area is 164 Å². The van der Waals surface area contributed by atoms with E-state index in [9.17, 15) is 22.4 Å². The van der Waals surface area contributed by atoms with Gasteiger partial charge in [-0.2, -0.15) is 18.3 Å². The number of aromatic nitrogens is 3. The van der Waals surface area contributed by atoms with Gasteiger partial charge >= 0.3 is 6.18 Å². The molecule has 3 aromatic rings. The van der Waals surface area contributed by atoms with Crippen molar-refractivity contribution in [1.29, 1.82) is 0 Å². The Kier molecular flexibility index (Phi) is 4.76. The van der Waals surface area contributed by atoms with E-state index in [4.69, 9.17) is 0 Å². The van der Waals surface area contributed by atoms with Crippen molar-refractivity contribution in [3.8, 4) is 0 Å². The lowest BCUT2D eigenvalue weighted by atomic mass is 10.1. The van der Waals surface area contributed by atoms with Crippen LogP contribution in [-0.2, 0) is 12.6 Å². The van der Waals surface area contributed by atoms with Crippen LogP contribution in [0.5, 0.6) is 0 Å². The maximum Gasteiger partial charge on any atom is 0.433 e. The van der Waals surface area contributed by atoms with Crippen molar-refractivity contribution in [2.24, 2.45) is 0 Å². The molecule has 9 heteroatoms. The maximum atomic E-state index is 13.9. The molecule has 0 bridgehead atoms. The summed E-state index contributed by atoms with van der Waals surface area (Å²) in [5.74, 6) is -1.27. The van der Waals surface area contributed by atoms with E-state index in [2.05, 4.69) is 10.1 Å². The third-order valence-corrected chi connectivity index (χ3v) is 5.15. The first-order valence-corrected chi connectivity index (χ1v) is 9.28. The number of fused-ring (bicyclic) bond motifs is 1. The largest absolute Gasteiger partial charge is 0.433 e. The van der Waals surface area contributed by atoms with Crippen LogP contribution in [0.25, 0.3) is 5.65 Å². The molecule has 1 saturated heterocycles. The highest BCUT2D eigenvalue weighted by Gasteiger charge is 2.36. The van der Waals surface area contributed by atoms with Crippen LogP contribution in [0.3, 0.4) is 0 Å². The lowest BCUT2D eigenvalue weighted by molar-refractivity contribution is -0.142. The second kappa shape index (κ2) is 7.13. The zero-order valence-corrected chi connectivity index (χ0v) is 15.6. The first-order chi connectivity index (χ1) is 13.8. The van der Waals surface area contributed by atoms with Crippen molar-refractivity contribution < 1.29 is 22.4 Å². The van der Waals surface area contributed by atoms with Gasteiger partial charge in [0.25, 0.3) is 5.91 Å². The highest BCUT2D eigenvalue weighted by Crippen LogP contribution is 2.33. The van der Waals surface area contributed by atoms with Crippen LogP contribution < -0.4 is 0 Å². The second-order valence-electron chi connectivity index (χ2n) is 7.04. The summed E-state index contributed by atoms with van der Waals surface area (Å²) >= 11 is 0. The molecule has 0 aliphatic carbocycles. The molecular formula is C20H18F4N4O. The van der Waals surface area contributed by atoms with Gasteiger partial charge in [0.2, 0.25) is 0 Å². The summed E-state index contributed by atoms with van der Waals surface area (Å²) in [6.45, 7) is 2.38. The molecule has 0 spiro atoms. The van der Waals surface area contributed by atoms with Gasteiger partial charge < -0.3 is 4.90 Å². The average Bonchev–Trinajstić information content (AvgIpc) is 3.33. The van der Waals surface area contributed by atoms with Gasteiger partial charge in [-0.05, 0) is 31.0 Å². The van der Waals surface area contributed by atoms with Gasteiger partial charge in [0.1, 0.15) is 11.5 Å². The summed E-state index contributed by atoms with van der Waals surface area (Å²) in [6.07, 6.45) is -3.66. The fraction of sp³-hybridized carbons (Fsp3) is 0.350. The van der Waals surface area contributed by atoms with Crippen molar-refractivity contribution in [2.45, 2.75) is 31.9 Å².